The van der Waals surface area contributed by atoms with Crippen LogP contribution < -0.4 is 0 Å². The molecule has 0 spiro atoms. The molecule has 5 nitrogen and oxygen atoms in total. The molecule has 43 heavy (non-hydrogen) atoms. The summed E-state index contributed by atoms with van der Waals surface area (Å²) in [4.78, 5) is 0. The van der Waals surface area contributed by atoms with Gasteiger partial charge in [-0.3, -0.25) is 4.55 Å². The van der Waals surface area contributed by atoms with Crippen molar-refractivity contribution in [2.45, 2.75) is 71.4 Å². The molecule has 0 saturated heterocycles. The summed E-state index contributed by atoms with van der Waals surface area (Å²) in [5.41, 5.74) is 0. The van der Waals surface area contributed by atoms with Gasteiger partial charge in [0.25, 0.3) is 0 Å². The Morgan fingerprint density at radius 1 is 0.349 bits per heavy atom. The monoisotopic (exact) mass is 732 g/mol. The van der Waals surface area contributed by atoms with Gasteiger partial charge in [-0.05, 0) is 0 Å². The molecule has 31 heteroatoms. The Balaban J connectivity index is 6.89. The SMILES string of the molecule is O=S(=O)(O)C(F)(F)C(F)(F)OC(F)(F)C(F)(F)OC(F)(F)C(F)(F)C(F)(F)C(F)(F)C(F)(F)C(F)(F)C(F)(F)C(F)(F)F. The zero-order valence-electron chi connectivity index (χ0n) is 17.9. The van der Waals surface area contributed by atoms with Crippen molar-refractivity contribution in [2.75, 3.05) is 0 Å². The Hall–Kier alpha value is -1.92. The standard InChI is InChI=1S/C12HF25O5S/c13-1(14,3(17,18)5(21,22)7(25,26)27)2(15,16)4(19,20)6(23,24)8(28,29)41-9(30,31)10(32,33)42-11(34,35)12(36,37)43(38,39)40/h(H,38,39,40). The number of halogens is 25. The van der Waals surface area contributed by atoms with E-state index in [-0.39, 0.29) is 0 Å². The number of hydrogen-bond donors (Lipinski definition) is 1. The lowest BCUT2D eigenvalue weighted by Gasteiger charge is -2.43. The fourth-order valence-corrected chi connectivity index (χ4v) is 2.21. The minimum Gasteiger partial charge on any atom is -0.281 e. The number of alkyl halides is 25. The first kappa shape index (κ1) is 41.1. The lowest BCUT2D eigenvalue weighted by Crippen LogP contribution is -2.75. The van der Waals surface area contributed by atoms with Gasteiger partial charge in [0.05, 0.1) is 0 Å². The maximum Gasteiger partial charge on any atom is 0.460 e. The van der Waals surface area contributed by atoms with Crippen molar-refractivity contribution >= 4 is 10.1 Å². The topological polar surface area (TPSA) is 72.8 Å². The van der Waals surface area contributed by atoms with E-state index in [1.54, 1.807) is 0 Å². The third kappa shape index (κ3) is 5.80. The van der Waals surface area contributed by atoms with E-state index in [4.69, 9.17) is 4.55 Å². The molecule has 0 aromatic heterocycles. The average molecular weight is 732 g/mol. The highest BCUT2D eigenvalue weighted by Crippen LogP contribution is 2.64. The molecule has 0 aliphatic heterocycles. The zero-order valence-corrected chi connectivity index (χ0v) is 18.8. The summed E-state index contributed by atoms with van der Waals surface area (Å²) in [7, 11) is -7.75. The van der Waals surface area contributed by atoms with Crippen LogP contribution in [-0.4, -0.2) is 84.4 Å². The molecule has 0 radical (unpaired) electrons. The second kappa shape index (κ2) is 10.0. The summed E-state index contributed by atoms with van der Waals surface area (Å²) >= 11 is 0. The van der Waals surface area contributed by atoms with Crippen LogP contribution in [0.1, 0.15) is 0 Å². The second-order valence-corrected chi connectivity index (χ2v) is 8.67. The number of hydrogen-bond acceptors (Lipinski definition) is 4. The van der Waals surface area contributed by atoms with Crippen molar-refractivity contribution in [1.82, 2.24) is 0 Å². The van der Waals surface area contributed by atoms with Crippen LogP contribution in [0.25, 0.3) is 0 Å². The Kier molecular flexibility index (Phi) is 9.59. The van der Waals surface area contributed by atoms with Crippen LogP contribution in [-0.2, 0) is 19.6 Å². The molecule has 260 valence electrons. The minimum atomic E-state index is -9.42. The van der Waals surface area contributed by atoms with E-state index in [0.29, 0.717) is 0 Å². The van der Waals surface area contributed by atoms with Crippen molar-refractivity contribution in [3.8, 4) is 0 Å². The summed E-state index contributed by atoms with van der Waals surface area (Å²) in [6.45, 7) is 0. The maximum atomic E-state index is 13.4. The molecule has 0 atom stereocenters. The van der Waals surface area contributed by atoms with Gasteiger partial charge in [-0.25, -0.2) is 9.47 Å². The van der Waals surface area contributed by atoms with Gasteiger partial charge in [0.15, 0.2) is 0 Å². The first-order valence-corrected chi connectivity index (χ1v) is 9.95. The Morgan fingerprint density at radius 3 is 0.837 bits per heavy atom. The van der Waals surface area contributed by atoms with Gasteiger partial charge in [0.1, 0.15) is 0 Å². The van der Waals surface area contributed by atoms with E-state index >= 15 is 0 Å². The van der Waals surface area contributed by atoms with Crippen LogP contribution in [0.2, 0.25) is 0 Å². The van der Waals surface area contributed by atoms with Gasteiger partial charge in [-0.15, -0.1) is 0 Å². The largest absolute Gasteiger partial charge is 0.460 e. The van der Waals surface area contributed by atoms with Crippen molar-refractivity contribution in [3.63, 3.8) is 0 Å². The molecule has 0 aliphatic carbocycles. The molecule has 0 rings (SSSR count). The molecular weight excluding hydrogens is 731 g/mol. The van der Waals surface area contributed by atoms with Crippen LogP contribution in [0, 0.1) is 0 Å². The molecule has 1 N–H and O–H groups in total. The molecule has 0 aliphatic rings. The van der Waals surface area contributed by atoms with E-state index in [0.717, 1.165) is 9.47 Å². The summed E-state index contributed by atoms with van der Waals surface area (Å²) in [5.74, 6) is -55.1. The molecule has 0 saturated carbocycles. The van der Waals surface area contributed by atoms with E-state index in [9.17, 15) is 118 Å². The van der Waals surface area contributed by atoms with Gasteiger partial charge >= 0.3 is 81.5 Å². The summed E-state index contributed by atoms with van der Waals surface area (Å²) in [6.07, 6.45) is -41.4. The smallest absolute Gasteiger partial charge is 0.281 e. The summed E-state index contributed by atoms with van der Waals surface area (Å²) in [6, 6.07) is 0. The van der Waals surface area contributed by atoms with Crippen LogP contribution in [0.15, 0.2) is 0 Å². The number of rotatable bonds is 13. The van der Waals surface area contributed by atoms with E-state index in [2.05, 4.69) is 0 Å². The Bertz CT molecular complexity index is 1140. The first-order chi connectivity index (χ1) is 17.9. The van der Waals surface area contributed by atoms with Crippen molar-refractivity contribution < 1.29 is 132 Å². The van der Waals surface area contributed by atoms with Crippen LogP contribution in [0.5, 0.6) is 0 Å². The van der Waals surface area contributed by atoms with Crippen LogP contribution in [0.3, 0.4) is 0 Å². The minimum absolute atomic E-state index is 0.845. The molecule has 0 fully saturated rings. The fraction of sp³-hybridized carbons (Fsp3) is 1.00. The Morgan fingerprint density at radius 2 is 0.581 bits per heavy atom. The average Bonchev–Trinajstić information content (AvgIpc) is 2.69. The summed E-state index contributed by atoms with van der Waals surface area (Å²) < 4.78 is 355. The van der Waals surface area contributed by atoms with Gasteiger partial charge in [0.2, 0.25) is 0 Å². The lowest BCUT2D eigenvalue weighted by atomic mass is 9.90. The molecule has 0 aromatic rings. The molecule has 0 unspecified atom stereocenters. The van der Waals surface area contributed by atoms with Crippen LogP contribution >= 0.6 is 0 Å². The second-order valence-electron chi connectivity index (χ2n) is 7.21. The van der Waals surface area contributed by atoms with E-state index < -0.39 is 81.5 Å². The van der Waals surface area contributed by atoms with Crippen molar-refractivity contribution in [3.05, 3.63) is 0 Å². The van der Waals surface area contributed by atoms with Gasteiger partial charge in [-0.1, -0.05) is 0 Å². The highest BCUT2D eigenvalue weighted by molar-refractivity contribution is 7.86. The third-order valence-electron chi connectivity index (χ3n) is 4.21. The molecule has 0 heterocycles. The maximum absolute atomic E-state index is 13.4. The molecular formula is C12HF25O5S. The normalized spacial score (nSPS) is 17.0. The van der Waals surface area contributed by atoms with Gasteiger partial charge in [0, 0.05) is 0 Å². The highest BCUT2D eigenvalue weighted by Gasteiger charge is 2.96. The molecule has 0 amide bonds. The quantitative estimate of drug-likeness (QED) is 0.160. The molecule has 0 aromatic carbocycles. The fourth-order valence-electron chi connectivity index (χ4n) is 1.86. The molecule has 0 bridgehead atoms. The van der Waals surface area contributed by atoms with Gasteiger partial charge in [-0.2, -0.15) is 118 Å². The van der Waals surface area contributed by atoms with Gasteiger partial charge < -0.3 is 0 Å². The zero-order chi connectivity index (χ0) is 35.9. The Labute approximate surface area is 215 Å². The van der Waals surface area contributed by atoms with Crippen LogP contribution in [0.4, 0.5) is 110 Å². The van der Waals surface area contributed by atoms with Crippen molar-refractivity contribution in [1.29, 1.82) is 0 Å². The van der Waals surface area contributed by atoms with Crippen molar-refractivity contribution in [2.24, 2.45) is 0 Å². The predicted molar refractivity (Wildman–Crippen MR) is 74.2 cm³/mol. The highest BCUT2D eigenvalue weighted by atomic mass is 32.2. The predicted octanol–water partition coefficient (Wildman–Crippen LogP) is 7.25. The first-order valence-electron chi connectivity index (χ1n) is 8.51. The van der Waals surface area contributed by atoms with E-state index in [1.165, 1.54) is 0 Å². The lowest BCUT2D eigenvalue weighted by molar-refractivity contribution is -0.549. The number of ether oxygens (including phenoxy) is 2. The third-order valence-corrected chi connectivity index (χ3v) is 5.09. The van der Waals surface area contributed by atoms with E-state index in [1.807, 2.05) is 0 Å². The summed E-state index contributed by atoms with van der Waals surface area (Å²) in [5, 5.41) is -7.53.